The standard InChI is InChI=1S/C23H22N8O/c1-3-14(2)28-23-26-12-18-17(11-25-21(18)30-23)15-6-8-31-20(9-15)19(13-27-31)22(32)29-16-5-4-7-24-10-16/h4-14H,3H2,1-2H3,(H,29,32)(H2,25,26,28,30)/t14-/m0/s1. The van der Waals surface area contributed by atoms with Crippen molar-refractivity contribution in [2.24, 2.45) is 0 Å². The van der Waals surface area contributed by atoms with Crippen LogP contribution in [0.15, 0.2) is 61.4 Å². The van der Waals surface area contributed by atoms with Crippen LogP contribution in [0.4, 0.5) is 11.6 Å². The molecule has 5 aromatic heterocycles. The lowest BCUT2D eigenvalue weighted by molar-refractivity contribution is 0.102. The second kappa shape index (κ2) is 8.10. The monoisotopic (exact) mass is 426 g/mol. The van der Waals surface area contributed by atoms with Gasteiger partial charge in [-0.3, -0.25) is 9.78 Å². The van der Waals surface area contributed by atoms with Crippen LogP contribution in [-0.2, 0) is 0 Å². The Hall–Kier alpha value is -4.27. The summed E-state index contributed by atoms with van der Waals surface area (Å²) in [7, 11) is 0. The molecule has 3 N–H and O–H groups in total. The van der Waals surface area contributed by atoms with Gasteiger partial charge in [0.25, 0.3) is 5.91 Å². The Morgan fingerprint density at radius 3 is 2.97 bits per heavy atom. The van der Waals surface area contributed by atoms with Gasteiger partial charge < -0.3 is 15.6 Å². The number of rotatable bonds is 6. The molecule has 5 aromatic rings. The Morgan fingerprint density at radius 1 is 1.25 bits per heavy atom. The van der Waals surface area contributed by atoms with Gasteiger partial charge in [-0.05, 0) is 43.2 Å². The minimum Gasteiger partial charge on any atom is -0.352 e. The molecule has 1 amide bonds. The van der Waals surface area contributed by atoms with Crippen LogP contribution in [0.1, 0.15) is 30.6 Å². The highest BCUT2D eigenvalue weighted by molar-refractivity contribution is 6.09. The second-order valence-electron chi connectivity index (χ2n) is 7.61. The number of hydrogen-bond donors (Lipinski definition) is 3. The number of H-pyrrole nitrogens is 1. The summed E-state index contributed by atoms with van der Waals surface area (Å²) in [4.78, 5) is 29.1. The normalized spacial score (nSPS) is 12.2. The van der Waals surface area contributed by atoms with E-state index in [0.717, 1.165) is 28.6 Å². The van der Waals surface area contributed by atoms with Crippen LogP contribution in [0.2, 0.25) is 0 Å². The van der Waals surface area contributed by atoms with Gasteiger partial charge in [0.1, 0.15) is 5.65 Å². The van der Waals surface area contributed by atoms with Gasteiger partial charge >= 0.3 is 0 Å². The number of fused-ring (bicyclic) bond motifs is 2. The number of nitrogens with one attached hydrogen (secondary N) is 3. The number of aromatic amines is 1. The zero-order valence-electron chi connectivity index (χ0n) is 17.7. The van der Waals surface area contributed by atoms with Gasteiger partial charge in [0.15, 0.2) is 0 Å². The molecule has 9 heteroatoms. The van der Waals surface area contributed by atoms with Crippen molar-refractivity contribution in [2.75, 3.05) is 10.6 Å². The molecule has 0 bridgehead atoms. The Labute approximate surface area is 183 Å². The third kappa shape index (κ3) is 3.64. The van der Waals surface area contributed by atoms with Crippen LogP contribution >= 0.6 is 0 Å². The minimum atomic E-state index is -0.242. The van der Waals surface area contributed by atoms with E-state index in [9.17, 15) is 4.79 Å². The first kappa shape index (κ1) is 19.7. The summed E-state index contributed by atoms with van der Waals surface area (Å²) in [5.74, 6) is 0.356. The fourth-order valence-electron chi connectivity index (χ4n) is 3.50. The summed E-state index contributed by atoms with van der Waals surface area (Å²) < 4.78 is 1.68. The summed E-state index contributed by atoms with van der Waals surface area (Å²) in [6.07, 6.45) is 11.4. The van der Waals surface area contributed by atoms with Crippen LogP contribution in [-0.4, -0.2) is 41.5 Å². The van der Waals surface area contributed by atoms with E-state index in [1.165, 1.54) is 0 Å². The molecule has 5 heterocycles. The first-order valence-electron chi connectivity index (χ1n) is 10.4. The smallest absolute Gasteiger partial charge is 0.259 e. The maximum atomic E-state index is 12.8. The van der Waals surface area contributed by atoms with Crippen molar-refractivity contribution in [3.8, 4) is 11.1 Å². The first-order valence-corrected chi connectivity index (χ1v) is 10.4. The van der Waals surface area contributed by atoms with Gasteiger partial charge in [0.2, 0.25) is 5.95 Å². The van der Waals surface area contributed by atoms with Gasteiger partial charge in [-0.1, -0.05) is 6.92 Å². The average Bonchev–Trinajstić information content (AvgIpc) is 3.43. The van der Waals surface area contributed by atoms with Crippen molar-refractivity contribution in [1.29, 1.82) is 0 Å². The first-order chi connectivity index (χ1) is 15.6. The average molecular weight is 426 g/mol. The van der Waals surface area contributed by atoms with Crippen molar-refractivity contribution in [2.45, 2.75) is 26.3 Å². The lowest BCUT2D eigenvalue weighted by Crippen LogP contribution is -2.15. The zero-order chi connectivity index (χ0) is 22.1. The van der Waals surface area contributed by atoms with Crippen LogP contribution < -0.4 is 10.6 Å². The molecular weight excluding hydrogens is 404 g/mol. The van der Waals surface area contributed by atoms with E-state index in [1.54, 1.807) is 35.2 Å². The van der Waals surface area contributed by atoms with Crippen molar-refractivity contribution < 1.29 is 4.79 Å². The fourth-order valence-corrected chi connectivity index (χ4v) is 3.50. The minimum absolute atomic E-state index is 0.242. The molecule has 0 aliphatic carbocycles. The lowest BCUT2D eigenvalue weighted by atomic mass is 10.1. The summed E-state index contributed by atoms with van der Waals surface area (Å²) >= 11 is 0. The lowest BCUT2D eigenvalue weighted by Gasteiger charge is -2.10. The summed E-state index contributed by atoms with van der Waals surface area (Å²) in [5, 5.41) is 11.4. The van der Waals surface area contributed by atoms with Gasteiger partial charge in [0, 0.05) is 41.8 Å². The largest absolute Gasteiger partial charge is 0.352 e. The van der Waals surface area contributed by atoms with E-state index in [1.807, 2.05) is 30.7 Å². The zero-order valence-corrected chi connectivity index (χ0v) is 17.7. The van der Waals surface area contributed by atoms with Gasteiger partial charge in [-0.25, -0.2) is 9.50 Å². The molecular formula is C23H22N8O. The Morgan fingerprint density at radius 2 is 2.16 bits per heavy atom. The van der Waals surface area contributed by atoms with Crippen LogP contribution in [0.5, 0.6) is 0 Å². The van der Waals surface area contributed by atoms with E-state index in [4.69, 9.17) is 0 Å². The predicted octanol–water partition coefficient (Wildman–Crippen LogP) is 4.13. The molecule has 160 valence electrons. The van der Waals surface area contributed by atoms with E-state index in [2.05, 4.69) is 49.5 Å². The number of nitrogens with zero attached hydrogens (tertiary/aromatic N) is 5. The summed E-state index contributed by atoms with van der Waals surface area (Å²) in [5.41, 5.74) is 4.46. The maximum Gasteiger partial charge on any atom is 0.259 e. The molecule has 0 saturated carbocycles. The highest BCUT2D eigenvalue weighted by Gasteiger charge is 2.16. The molecule has 0 aliphatic heterocycles. The van der Waals surface area contributed by atoms with E-state index < -0.39 is 0 Å². The molecule has 0 saturated heterocycles. The number of carbonyl (C=O) groups excluding carboxylic acids is 1. The number of aromatic nitrogens is 6. The van der Waals surface area contributed by atoms with Crippen molar-refractivity contribution >= 4 is 34.1 Å². The molecule has 0 radical (unpaired) electrons. The maximum absolute atomic E-state index is 12.8. The Bertz CT molecular complexity index is 1410. The quantitative estimate of drug-likeness (QED) is 0.376. The molecule has 5 rings (SSSR count). The molecule has 0 unspecified atom stereocenters. The molecule has 0 spiro atoms. The van der Waals surface area contributed by atoms with Crippen LogP contribution in [0.25, 0.3) is 27.7 Å². The third-order valence-electron chi connectivity index (χ3n) is 5.42. The number of pyridine rings is 2. The highest BCUT2D eigenvalue weighted by atomic mass is 16.1. The van der Waals surface area contributed by atoms with Crippen molar-refractivity contribution in [3.63, 3.8) is 0 Å². The summed E-state index contributed by atoms with van der Waals surface area (Å²) in [6, 6.07) is 7.75. The predicted molar refractivity (Wildman–Crippen MR) is 124 cm³/mol. The molecule has 1 atom stereocenters. The second-order valence-corrected chi connectivity index (χ2v) is 7.61. The number of anilines is 2. The van der Waals surface area contributed by atoms with E-state index in [-0.39, 0.29) is 5.91 Å². The van der Waals surface area contributed by atoms with Gasteiger partial charge in [0.05, 0.1) is 29.2 Å². The Balaban J connectivity index is 1.49. The van der Waals surface area contributed by atoms with Crippen LogP contribution in [0.3, 0.4) is 0 Å². The Kier molecular flexibility index (Phi) is 4.98. The molecule has 0 fully saturated rings. The third-order valence-corrected chi connectivity index (χ3v) is 5.42. The van der Waals surface area contributed by atoms with Gasteiger partial charge in [-0.2, -0.15) is 10.1 Å². The SMILES string of the molecule is CC[C@H](C)Nc1ncc2c(-c3ccn4ncc(C(=O)Nc5cccnc5)c4c3)c[nH]c2n1. The molecule has 0 aromatic carbocycles. The van der Waals surface area contributed by atoms with E-state index >= 15 is 0 Å². The van der Waals surface area contributed by atoms with Crippen molar-refractivity contribution in [1.82, 2.24) is 29.5 Å². The number of hydrogen-bond acceptors (Lipinski definition) is 6. The number of carbonyl (C=O) groups is 1. The van der Waals surface area contributed by atoms with Crippen LogP contribution in [0, 0.1) is 0 Å². The molecule has 32 heavy (non-hydrogen) atoms. The highest BCUT2D eigenvalue weighted by Crippen LogP contribution is 2.29. The molecule has 9 nitrogen and oxygen atoms in total. The number of amides is 1. The van der Waals surface area contributed by atoms with Gasteiger partial charge in [-0.15, -0.1) is 0 Å². The van der Waals surface area contributed by atoms with E-state index in [0.29, 0.717) is 28.8 Å². The topological polar surface area (TPSA) is 113 Å². The fraction of sp³-hybridized carbons (Fsp3) is 0.174. The van der Waals surface area contributed by atoms with Crippen molar-refractivity contribution in [3.05, 3.63) is 67.0 Å². The summed E-state index contributed by atoms with van der Waals surface area (Å²) in [6.45, 7) is 4.21. The molecule has 0 aliphatic rings.